The van der Waals surface area contributed by atoms with Crippen LogP contribution in [0.2, 0.25) is 5.02 Å². The Hall–Kier alpha value is -1.01. The van der Waals surface area contributed by atoms with Crippen molar-refractivity contribution in [1.82, 2.24) is 0 Å². The van der Waals surface area contributed by atoms with E-state index < -0.39 is 0 Å². The van der Waals surface area contributed by atoms with Gasteiger partial charge in [-0.25, -0.2) is 0 Å². The number of halogens is 1. The first-order valence-corrected chi connectivity index (χ1v) is 10.3. The molecule has 0 nitrogen and oxygen atoms in total. The fourth-order valence-corrected chi connectivity index (χ4v) is 5.63. The Balaban J connectivity index is 1.48. The lowest BCUT2D eigenvalue weighted by molar-refractivity contribution is 0.114. The quantitative estimate of drug-likeness (QED) is 0.539. The Labute approximate surface area is 151 Å². The summed E-state index contributed by atoms with van der Waals surface area (Å²) >= 11 is 6.12. The van der Waals surface area contributed by atoms with Crippen molar-refractivity contribution in [3.8, 4) is 0 Å². The predicted molar refractivity (Wildman–Crippen MR) is 105 cm³/mol. The second-order valence-electron chi connectivity index (χ2n) is 8.25. The van der Waals surface area contributed by atoms with E-state index in [2.05, 4.69) is 37.3 Å². The fourth-order valence-electron chi connectivity index (χ4n) is 5.45. The number of hydrogen-bond donors (Lipinski definition) is 0. The summed E-state index contributed by atoms with van der Waals surface area (Å²) in [6, 6.07) is 13.3. The molecule has 2 aromatic rings. The maximum absolute atomic E-state index is 6.12. The van der Waals surface area contributed by atoms with Gasteiger partial charge >= 0.3 is 0 Å². The highest BCUT2D eigenvalue weighted by molar-refractivity contribution is 6.31. The molecule has 0 bridgehead atoms. The highest BCUT2D eigenvalue weighted by Crippen LogP contribution is 2.48. The highest BCUT2D eigenvalue weighted by atomic mass is 35.5. The lowest BCUT2D eigenvalue weighted by atomic mass is 9.63. The first-order valence-electron chi connectivity index (χ1n) is 9.92. The van der Waals surface area contributed by atoms with E-state index in [4.69, 9.17) is 11.6 Å². The fraction of sp³-hybridized carbons (Fsp3) is 0.565. The minimum absolute atomic E-state index is 0.772. The average Bonchev–Trinajstić information content (AvgIpc) is 2.61. The van der Waals surface area contributed by atoms with E-state index in [9.17, 15) is 0 Å². The zero-order valence-electron chi connectivity index (χ0n) is 14.8. The summed E-state index contributed by atoms with van der Waals surface area (Å²) in [5.74, 6) is 3.80. The Morgan fingerprint density at radius 2 is 1.62 bits per heavy atom. The van der Waals surface area contributed by atoms with Gasteiger partial charge in [0.15, 0.2) is 0 Å². The molecule has 1 heteroatoms. The zero-order chi connectivity index (χ0) is 16.5. The van der Waals surface area contributed by atoms with E-state index in [0.29, 0.717) is 0 Å². The van der Waals surface area contributed by atoms with Crippen LogP contribution < -0.4 is 0 Å². The largest absolute Gasteiger partial charge is 0.0843 e. The summed E-state index contributed by atoms with van der Waals surface area (Å²) < 4.78 is 0. The molecule has 0 N–H and O–H groups in total. The SMILES string of the molecule is CCCC1CCC2CC(c3ccc4cc(Cl)ccc4c3)CCC2C1. The van der Waals surface area contributed by atoms with Crippen LogP contribution >= 0.6 is 11.6 Å². The van der Waals surface area contributed by atoms with Crippen LogP contribution in [0.3, 0.4) is 0 Å². The molecule has 0 heterocycles. The molecule has 2 fully saturated rings. The molecule has 24 heavy (non-hydrogen) atoms. The molecule has 128 valence electrons. The Kier molecular flexibility index (Phi) is 4.86. The smallest absolute Gasteiger partial charge is 0.0412 e. The molecule has 2 saturated carbocycles. The van der Waals surface area contributed by atoms with Crippen molar-refractivity contribution in [1.29, 1.82) is 0 Å². The third-order valence-corrected chi connectivity index (χ3v) is 6.95. The minimum Gasteiger partial charge on any atom is -0.0843 e. The van der Waals surface area contributed by atoms with Gasteiger partial charge in [0.25, 0.3) is 0 Å². The summed E-state index contributed by atoms with van der Waals surface area (Å²) in [4.78, 5) is 0. The van der Waals surface area contributed by atoms with Crippen LogP contribution in [0.5, 0.6) is 0 Å². The molecule has 0 amide bonds. The lowest BCUT2D eigenvalue weighted by Crippen LogP contribution is -2.30. The van der Waals surface area contributed by atoms with E-state index >= 15 is 0 Å². The van der Waals surface area contributed by atoms with Crippen molar-refractivity contribution in [2.75, 3.05) is 0 Å². The maximum Gasteiger partial charge on any atom is 0.0412 e. The lowest BCUT2D eigenvalue weighted by Gasteiger charge is -2.42. The number of benzene rings is 2. The normalized spacial score (nSPS) is 30.2. The Morgan fingerprint density at radius 3 is 2.50 bits per heavy atom. The van der Waals surface area contributed by atoms with Gasteiger partial charge in [-0.05, 0) is 84.2 Å². The van der Waals surface area contributed by atoms with E-state index in [0.717, 1.165) is 28.7 Å². The summed E-state index contributed by atoms with van der Waals surface area (Å²) in [6.07, 6.45) is 11.6. The van der Waals surface area contributed by atoms with Crippen LogP contribution in [-0.4, -0.2) is 0 Å². The minimum atomic E-state index is 0.772. The molecule has 0 saturated heterocycles. The first kappa shape index (κ1) is 16.5. The van der Waals surface area contributed by atoms with Gasteiger partial charge in [-0.3, -0.25) is 0 Å². The molecule has 0 radical (unpaired) electrons. The van der Waals surface area contributed by atoms with Gasteiger partial charge < -0.3 is 0 Å². The molecule has 4 atom stereocenters. The van der Waals surface area contributed by atoms with Crippen molar-refractivity contribution in [3.63, 3.8) is 0 Å². The van der Waals surface area contributed by atoms with Crippen molar-refractivity contribution in [3.05, 3.63) is 47.0 Å². The third-order valence-electron chi connectivity index (χ3n) is 6.72. The van der Waals surface area contributed by atoms with Crippen LogP contribution in [0, 0.1) is 17.8 Å². The molecule has 0 aliphatic heterocycles. The summed E-state index contributed by atoms with van der Waals surface area (Å²) in [5, 5.41) is 3.44. The molecular formula is C23H29Cl. The molecule has 4 unspecified atom stereocenters. The summed E-state index contributed by atoms with van der Waals surface area (Å²) in [7, 11) is 0. The third kappa shape index (κ3) is 3.36. The molecule has 2 aromatic carbocycles. The summed E-state index contributed by atoms with van der Waals surface area (Å²) in [5.41, 5.74) is 1.55. The van der Waals surface area contributed by atoms with Crippen LogP contribution in [-0.2, 0) is 0 Å². The molecule has 4 rings (SSSR count). The predicted octanol–water partition coefficient (Wildman–Crippen LogP) is 7.59. The Morgan fingerprint density at radius 1 is 0.875 bits per heavy atom. The molecule has 2 aliphatic carbocycles. The van der Waals surface area contributed by atoms with E-state index in [-0.39, 0.29) is 0 Å². The van der Waals surface area contributed by atoms with Gasteiger partial charge in [0, 0.05) is 5.02 Å². The van der Waals surface area contributed by atoms with Crippen molar-refractivity contribution < 1.29 is 0 Å². The van der Waals surface area contributed by atoms with Crippen LogP contribution in [0.15, 0.2) is 36.4 Å². The van der Waals surface area contributed by atoms with Crippen molar-refractivity contribution in [2.45, 2.75) is 64.2 Å². The zero-order valence-corrected chi connectivity index (χ0v) is 15.6. The van der Waals surface area contributed by atoms with Gasteiger partial charge in [-0.1, -0.05) is 62.1 Å². The maximum atomic E-state index is 6.12. The van der Waals surface area contributed by atoms with Crippen molar-refractivity contribution in [2.24, 2.45) is 17.8 Å². The molecule has 2 aliphatic rings. The Bertz CT molecular complexity index is 704. The van der Waals surface area contributed by atoms with Gasteiger partial charge in [0.2, 0.25) is 0 Å². The highest BCUT2D eigenvalue weighted by Gasteiger charge is 2.35. The van der Waals surface area contributed by atoms with E-state index in [1.807, 2.05) is 6.07 Å². The van der Waals surface area contributed by atoms with Crippen LogP contribution in [0.25, 0.3) is 10.8 Å². The number of rotatable bonds is 3. The topological polar surface area (TPSA) is 0 Å². The van der Waals surface area contributed by atoms with Gasteiger partial charge in [-0.2, -0.15) is 0 Å². The number of fused-ring (bicyclic) bond motifs is 2. The second-order valence-corrected chi connectivity index (χ2v) is 8.69. The standard InChI is InChI=1S/C23H29Cl/c1-2-3-16-4-5-18-13-19(7-6-17(18)12-16)20-8-9-22-15-23(24)11-10-21(22)14-20/h8-11,14-19H,2-7,12-13H2,1H3. The first-order chi connectivity index (χ1) is 11.7. The van der Waals surface area contributed by atoms with Gasteiger partial charge in [-0.15, -0.1) is 0 Å². The van der Waals surface area contributed by atoms with Gasteiger partial charge in [0.1, 0.15) is 0 Å². The number of hydrogen-bond acceptors (Lipinski definition) is 0. The van der Waals surface area contributed by atoms with Crippen LogP contribution in [0.4, 0.5) is 0 Å². The van der Waals surface area contributed by atoms with Gasteiger partial charge in [0.05, 0.1) is 0 Å². The van der Waals surface area contributed by atoms with E-state index in [1.165, 1.54) is 62.1 Å². The van der Waals surface area contributed by atoms with Crippen LogP contribution in [0.1, 0.15) is 69.8 Å². The van der Waals surface area contributed by atoms with Crippen molar-refractivity contribution >= 4 is 22.4 Å². The van der Waals surface area contributed by atoms with E-state index in [1.54, 1.807) is 5.56 Å². The molecule has 0 aromatic heterocycles. The second kappa shape index (κ2) is 7.08. The average molecular weight is 341 g/mol. The molecule has 0 spiro atoms. The monoisotopic (exact) mass is 340 g/mol. The summed E-state index contributed by atoms with van der Waals surface area (Å²) in [6.45, 7) is 2.34. The molecular weight excluding hydrogens is 312 g/mol.